The summed E-state index contributed by atoms with van der Waals surface area (Å²) in [6.45, 7) is 12.5. The average molecular weight is 242 g/mol. The monoisotopic (exact) mass is 242 g/mol. The molecule has 0 atom stereocenters. The van der Waals surface area contributed by atoms with E-state index < -0.39 is 0 Å². The van der Waals surface area contributed by atoms with Gasteiger partial charge in [-0.3, -0.25) is 0 Å². The van der Waals surface area contributed by atoms with E-state index in [0.29, 0.717) is 6.04 Å². The zero-order chi connectivity index (χ0) is 12.9. The zero-order valence-electron chi connectivity index (χ0n) is 12.5. The molecule has 0 bridgehead atoms. The second-order valence-corrected chi connectivity index (χ2v) is 5.81. The summed E-state index contributed by atoms with van der Waals surface area (Å²) < 4.78 is 0. The summed E-state index contributed by atoms with van der Waals surface area (Å²) in [5, 5.41) is 6.95. The molecule has 2 N–H and O–H groups in total. The summed E-state index contributed by atoms with van der Waals surface area (Å²) in [5.41, 5.74) is 0. The van der Waals surface area contributed by atoms with Gasteiger partial charge >= 0.3 is 0 Å². The van der Waals surface area contributed by atoms with Crippen LogP contribution in [0.2, 0.25) is 0 Å². The molecule has 0 aromatic heterocycles. The fourth-order valence-corrected chi connectivity index (χ4v) is 1.89. The maximum atomic E-state index is 3.52. The first-order chi connectivity index (χ1) is 8.13. The predicted molar refractivity (Wildman–Crippen MR) is 78.5 cm³/mol. The van der Waals surface area contributed by atoms with E-state index in [1.165, 1.54) is 45.1 Å². The fraction of sp³-hybridized carbons (Fsp3) is 1.00. The van der Waals surface area contributed by atoms with Crippen LogP contribution in [-0.4, -0.2) is 25.7 Å². The van der Waals surface area contributed by atoms with Crippen LogP contribution in [0.3, 0.4) is 0 Å². The topological polar surface area (TPSA) is 24.1 Å². The quantitative estimate of drug-likeness (QED) is 0.511. The largest absolute Gasteiger partial charge is 0.317 e. The number of nitrogens with one attached hydrogen (secondary N) is 2. The highest BCUT2D eigenvalue weighted by Gasteiger charge is 1.95. The van der Waals surface area contributed by atoms with Gasteiger partial charge in [0.05, 0.1) is 0 Å². The highest BCUT2D eigenvalue weighted by molar-refractivity contribution is 4.55. The first-order valence-corrected chi connectivity index (χ1v) is 7.57. The third-order valence-corrected chi connectivity index (χ3v) is 2.97. The van der Waals surface area contributed by atoms with Gasteiger partial charge < -0.3 is 10.6 Å². The van der Waals surface area contributed by atoms with Crippen LogP contribution >= 0.6 is 0 Å². The molecule has 0 aliphatic carbocycles. The van der Waals surface area contributed by atoms with Crippen LogP contribution in [0.25, 0.3) is 0 Å². The summed E-state index contributed by atoms with van der Waals surface area (Å²) >= 11 is 0. The molecule has 17 heavy (non-hydrogen) atoms. The highest BCUT2D eigenvalue weighted by Crippen LogP contribution is 2.08. The van der Waals surface area contributed by atoms with Gasteiger partial charge in [0, 0.05) is 6.04 Å². The Kier molecular flexibility index (Phi) is 12.3. The molecule has 0 heterocycles. The molecule has 0 unspecified atom stereocenters. The highest BCUT2D eigenvalue weighted by atomic mass is 14.9. The first kappa shape index (κ1) is 16.9. The second kappa shape index (κ2) is 12.4. The standard InChI is InChI=1S/C15H34N2/c1-14(2)10-7-5-6-8-11-16-12-9-13-17-15(3)4/h14-17H,5-13H2,1-4H3. The van der Waals surface area contributed by atoms with Crippen LogP contribution in [0, 0.1) is 5.92 Å². The van der Waals surface area contributed by atoms with Crippen molar-refractivity contribution in [3.05, 3.63) is 0 Å². The molecule has 0 aromatic rings. The van der Waals surface area contributed by atoms with E-state index in [-0.39, 0.29) is 0 Å². The van der Waals surface area contributed by atoms with E-state index in [2.05, 4.69) is 38.3 Å². The molecule has 104 valence electrons. The van der Waals surface area contributed by atoms with E-state index >= 15 is 0 Å². The summed E-state index contributed by atoms with van der Waals surface area (Å²) in [7, 11) is 0. The minimum Gasteiger partial charge on any atom is -0.317 e. The lowest BCUT2D eigenvalue weighted by atomic mass is 10.0. The Morgan fingerprint density at radius 1 is 0.706 bits per heavy atom. The van der Waals surface area contributed by atoms with Gasteiger partial charge in [0.2, 0.25) is 0 Å². The maximum Gasteiger partial charge on any atom is 0.00103 e. The number of hydrogen-bond acceptors (Lipinski definition) is 2. The van der Waals surface area contributed by atoms with Crippen molar-refractivity contribution in [1.29, 1.82) is 0 Å². The molecule has 0 radical (unpaired) electrons. The van der Waals surface area contributed by atoms with Crippen LogP contribution < -0.4 is 10.6 Å². The molecule has 2 heteroatoms. The van der Waals surface area contributed by atoms with Crippen LogP contribution in [0.15, 0.2) is 0 Å². The van der Waals surface area contributed by atoms with Gasteiger partial charge in [-0.15, -0.1) is 0 Å². The molecule has 0 spiro atoms. The Morgan fingerprint density at radius 3 is 2.00 bits per heavy atom. The van der Waals surface area contributed by atoms with Gasteiger partial charge in [-0.1, -0.05) is 53.4 Å². The summed E-state index contributed by atoms with van der Waals surface area (Å²) in [5.74, 6) is 0.876. The van der Waals surface area contributed by atoms with Crippen molar-refractivity contribution in [3.63, 3.8) is 0 Å². The molecule has 0 aliphatic rings. The normalized spacial score (nSPS) is 11.6. The summed E-state index contributed by atoms with van der Waals surface area (Å²) in [6.07, 6.45) is 8.20. The third-order valence-electron chi connectivity index (χ3n) is 2.97. The van der Waals surface area contributed by atoms with Gasteiger partial charge in [0.25, 0.3) is 0 Å². The number of rotatable bonds is 12. The number of hydrogen-bond donors (Lipinski definition) is 2. The van der Waals surface area contributed by atoms with Crippen LogP contribution in [-0.2, 0) is 0 Å². The van der Waals surface area contributed by atoms with Gasteiger partial charge in [-0.2, -0.15) is 0 Å². The Balaban J connectivity index is 2.94. The lowest BCUT2D eigenvalue weighted by Gasteiger charge is -2.08. The van der Waals surface area contributed by atoms with Crippen molar-refractivity contribution >= 4 is 0 Å². The summed E-state index contributed by atoms with van der Waals surface area (Å²) in [6, 6.07) is 0.621. The molecule has 0 rings (SSSR count). The Labute approximate surface area is 109 Å². The van der Waals surface area contributed by atoms with Crippen molar-refractivity contribution in [2.75, 3.05) is 19.6 Å². The molecule has 0 aliphatic heterocycles. The molecular weight excluding hydrogens is 208 g/mol. The smallest absolute Gasteiger partial charge is 0.00103 e. The van der Waals surface area contributed by atoms with E-state index in [1.807, 2.05) is 0 Å². The van der Waals surface area contributed by atoms with Crippen molar-refractivity contribution in [2.24, 2.45) is 5.92 Å². The lowest BCUT2D eigenvalue weighted by Crippen LogP contribution is -2.27. The van der Waals surface area contributed by atoms with Crippen molar-refractivity contribution < 1.29 is 0 Å². The van der Waals surface area contributed by atoms with E-state index in [0.717, 1.165) is 19.0 Å². The van der Waals surface area contributed by atoms with Gasteiger partial charge in [0.1, 0.15) is 0 Å². The van der Waals surface area contributed by atoms with Crippen LogP contribution in [0.1, 0.15) is 66.2 Å². The third kappa shape index (κ3) is 15.9. The van der Waals surface area contributed by atoms with Crippen molar-refractivity contribution in [1.82, 2.24) is 10.6 Å². The van der Waals surface area contributed by atoms with E-state index in [9.17, 15) is 0 Å². The number of unbranched alkanes of at least 4 members (excludes halogenated alkanes) is 3. The minimum absolute atomic E-state index is 0.621. The molecular formula is C15H34N2. The van der Waals surface area contributed by atoms with E-state index in [1.54, 1.807) is 0 Å². The van der Waals surface area contributed by atoms with Gasteiger partial charge in [-0.25, -0.2) is 0 Å². The lowest BCUT2D eigenvalue weighted by molar-refractivity contribution is 0.506. The molecule has 0 amide bonds. The van der Waals surface area contributed by atoms with Crippen LogP contribution in [0.4, 0.5) is 0 Å². The average Bonchev–Trinajstić information content (AvgIpc) is 2.25. The van der Waals surface area contributed by atoms with Crippen LogP contribution in [0.5, 0.6) is 0 Å². The summed E-state index contributed by atoms with van der Waals surface area (Å²) in [4.78, 5) is 0. The Bertz CT molecular complexity index is 128. The molecule has 0 saturated heterocycles. The molecule has 2 nitrogen and oxygen atoms in total. The Hall–Kier alpha value is -0.0800. The fourth-order valence-electron chi connectivity index (χ4n) is 1.89. The molecule has 0 fully saturated rings. The minimum atomic E-state index is 0.621. The maximum absolute atomic E-state index is 3.52. The molecule has 0 saturated carbocycles. The molecule has 0 aromatic carbocycles. The predicted octanol–water partition coefficient (Wildman–Crippen LogP) is 3.57. The Morgan fingerprint density at radius 2 is 1.35 bits per heavy atom. The first-order valence-electron chi connectivity index (χ1n) is 7.57. The second-order valence-electron chi connectivity index (χ2n) is 5.81. The van der Waals surface area contributed by atoms with Gasteiger partial charge in [0.15, 0.2) is 0 Å². The van der Waals surface area contributed by atoms with Crippen molar-refractivity contribution in [2.45, 2.75) is 72.3 Å². The van der Waals surface area contributed by atoms with E-state index in [4.69, 9.17) is 0 Å². The zero-order valence-corrected chi connectivity index (χ0v) is 12.5. The SMILES string of the molecule is CC(C)CCCCCCNCCCNC(C)C. The van der Waals surface area contributed by atoms with Crippen molar-refractivity contribution in [3.8, 4) is 0 Å². The van der Waals surface area contributed by atoms with Gasteiger partial charge in [-0.05, 0) is 38.4 Å².